The van der Waals surface area contributed by atoms with Crippen LogP contribution in [0.25, 0.3) is 0 Å². The number of Topliss-reactive ketones (excluding diaryl/α,β-unsaturated/α-hetero) is 1. The van der Waals surface area contributed by atoms with Gasteiger partial charge in [-0.05, 0) is 56.8 Å². The molecule has 1 spiro atoms. The minimum Gasteiger partial charge on any atom is -0.458 e. The summed E-state index contributed by atoms with van der Waals surface area (Å²) >= 11 is 0. The molecule has 0 aromatic rings. The van der Waals surface area contributed by atoms with E-state index in [2.05, 4.69) is 18.7 Å². The van der Waals surface area contributed by atoms with Crippen LogP contribution in [0.5, 0.6) is 0 Å². The lowest BCUT2D eigenvalue weighted by Crippen LogP contribution is -2.75. The van der Waals surface area contributed by atoms with Crippen LogP contribution in [0.2, 0.25) is 0 Å². The standard InChI is InChI=1S/C22H31NO3/c1-12-11-23-19-15-5-3-4-14(15)17(24)10-16(19)21(2)22(9-7-18(25)26-21)8-6-13(12)20(22)23/h12-16,19-20H,3-11H2,1-2H3. The molecule has 9 unspecified atom stereocenters. The van der Waals surface area contributed by atoms with Crippen molar-refractivity contribution in [3.63, 3.8) is 0 Å². The lowest BCUT2D eigenvalue weighted by atomic mass is 9.51. The lowest BCUT2D eigenvalue weighted by molar-refractivity contribution is -0.252. The molecule has 26 heavy (non-hydrogen) atoms. The van der Waals surface area contributed by atoms with Gasteiger partial charge >= 0.3 is 5.97 Å². The number of ether oxygens (including phenoxy) is 1. The zero-order valence-electron chi connectivity index (χ0n) is 16.1. The first-order chi connectivity index (χ1) is 12.5. The quantitative estimate of drug-likeness (QED) is 0.625. The molecule has 9 atom stereocenters. The number of carbonyl (C=O) groups is 2. The molecule has 4 nitrogen and oxygen atoms in total. The van der Waals surface area contributed by atoms with Crippen molar-refractivity contribution in [1.82, 2.24) is 4.90 Å². The first kappa shape index (κ1) is 16.1. The highest BCUT2D eigenvalue weighted by molar-refractivity contribution is 5.83. The Balaban J connectivity index is 1.53. The Morgan fingerprint density at radius 1 is 1.12 bits per heavy atom. The first-order valence-electron chi connectivity index (χ1n) is 11.0. The summed E-state index contributed by atoms with van der Waals surface area (Å²) in [4.78, 5) is 28.3. The van der Waals surface area contributed by atoms with Crippen molar-refractivity contribution < 1.29 is 14.3 Å². The number of hydrogen-bond acceptors (Lipinski definition) is 4. The van der Waals surface area contributed by atoms with E-state index in [0.717, 1.165) is 24.7 Å². The fourth-order valence-electron chi connectivity index (χ4n) is 8.99. The Bertz CT molecular complexity index is 691. The number of hydrogen-bond donors (Lipinski definition) is 0. The highest BCUT2D eigenvalue weighted by Gasteiger charge is 2.75. The Labute approximate surface area is 156 Å². The molecule has 0 radical (unpaired) electrons. The predicted molar refractivity (Wildman–Crippen MR) is 96.3 cm³/mol. The van der Waals surface area contributed by atoms with Gasteiger partial charge in [-0.3, -0.25) is 14.5 Å². The van der Waals surface area contributed by atoms with Crippen molar-refractivity contribution in [3.05, 3.63) is 0 Å². The zero-order valence-corrected chi connectivity index (χ0v) is 16.1. The van der Waals surface area contributed by atoms with Crippen LogP contribution in [0.1, 0.15) is 65.2 Å². The van der Waals surface area contributed by atoms with Gasteiger partial charge in [0.25, 0.3) is 0 Å². The molecule has 0 amide bonds. The van der Waals surface area contributed by atoms with E-state index in [-0.39, 0.29) is 23.2 Å². The molecule has 6 rings (SSSR count). The summed E-state index contributed by atoms with van der Waals surface area (Å²) in [5.41, 5.74) is -0.348. The molecule has 0 aromatic carbocycles. The Morgan fingerprint density at radius 2 is 1.96 bits per heavy atom. The van der Waals surface area contributed by atoms with Gasteiger partial charge in [-0.25, -0.2) is 0 Å². The van der Waals surface area contributed by atoms with E-state index in [4.69, 9.17) is 4.74 Å². The second-order valence-electron chi connectivity index (χ2n) is 10.5. The van der Waals surface area contributed by atoms with Crippen molar-refractivity contribution in [2.45, 2.75) is 82.9 Å². The van der Waals surface area contributed by atoms with Crippen molar-refractivity contribution >= 4 is 11.8 Å². The fraction of sp³-hybridized carbons (Fsp3) is 0.909. The molecule has 4 heteroatoms. The van der Waals surface area contributed by atoms with Crippen LogP contribution < -0.4 is 0 Å². The van der Waals surface area contributed by atoms with Crippen LogP contribution in [-0.4, -0.2) is 40.9 Å². The van der Waals surface area contributed by atoms with Crippen LogP contribution in [0.4, 0.5) is 0 Å². The third-order valence-corrected chi connectivity index (χ3v) is 9.92. The summed E-state index contributed by atoms with van der Waals surface area (Å²) in [6.07, 6.45) is 8.11. The van der Waals surface area contributed by atoms with E-state index in [1.54, 1.807) is 0 Å². The number of fused-ring (bicyclic) bond motifs is 5. The molecule has 6 aliphatic rings. The monoisotopic (exact) mass is 357 g/mol. The van der Waals surface area contributed by atoms with Gasteiger partial charge in [0.2, 0.25) is 0 Å². The summed E-state index contributed by atoms with van der Waals surface area (Å²) in [5, 5.41) is 0. The van der Waals surface area contributed by atoms with Crippen LogP contribution in [0.15, 0.2) is 0 Å². The second kappa shape index (κ2) is 4.92. The van der Waals surface area contributed by atoms with Crippen molar-refractivity contribution in [2.24, 2.45) is 35.0 Å². The number of ketones is 1. The maximum absolute atomic E-state index is 13.0. The largest absolute Gasteiger partial charge is 0.458 e. The van der Waals surface area contributed by atoms with Crippen molar-refractivity contribution in [2.75, 3.05) is 6.54 Å². The van der Waals surface area contributed by atoms with Gasteiger partial charge in [-0.15, -0.1) is 0 Å². The maximum atomic E-state index is 13.0. The van der Waals surface area contributed by atoms with Crippen LogP contribution >= 0.6 is 0 Å². The third-order valence-electron chi connectivity index (χ3n) is 9.92. The zero-order chi connectivity index (χ0) is 17.8. The smallest absolute Gasteiger partial charge is 0.306 e. The molecule has 142 valence electrons. The SMILES string of the molecule is CC1CN2C3C4CCCC4C(=O)CC3C3(C)OC(=O)CCC34CCC1C24. The number of piperidine rings is 1. The molecule has 3 aliphatic carbocycles. The Morgan fingerprint density at radius 3 is 2.81 bits per heavy atom. The summed E-state index contributed by atoms with van der Waals surface area (Å²) in [7, 11) is 0. The van der Waals surface area contributed by atoms with Gasteiger partial charge in [-0.2, -0.15) is 0 Å². The first-order valence-corrected chi connectivity index (χ1v) is 11.0. The van der Waals surface area contributed by atoms with E-state index in [9.17, 15) is 9.59 Å². The maximum Gasteiger partial charge on any atom is 0.306 e. The minimum absolute atomic E-state index is 0.0270. The molecule has 6 fully saturated rings. The van der Waals surface area contributed by atoms with E-state index in [1.165, 1.54) is 32.2 Å². The van der Waals surface area contributed by atoms with Gasteiger partial charge in [0.05, 0.1) is 0 Å². The third kappa shape index (κ3) is 1.63. The van der Waals surface area contributed by atoms with Gasteiger partial charge in [-0.1, -0.05) is 13.3 Å². The Hall–Kier alpha value is -0.900. The number of carbonyl (C=O) groups excluding carboxylic acids is 2. The normalized spacial score (nSPS) is 58.0. The van der Waals surface area contributed by atoms with E-state index in [1.807, 2.05) is 0 Å². The average Bonchev–Trinajstić information content (AvgIpc) is 3.29. The van der Waals surface area contributed by atoms with Crippen LogP contribution in [0.3, 0.4) is 0 Å². The van der Waals surface area contributed by atoms with Crippen molar-refractivity contribution in [3.8, 4) is 0 Å². The van der Waals surface area contributed by atoms with Gasteiger partial charge in [0.1, 0.15) is 11.4 Å². The fourth-order valence-corrected chi connectivity index (χ4v) is 8.99. The lowest BCUT2D eigenvalue weighted by Gasteiger charge is -2.66. The van der Waals surface area contributed by atoms with Gasteiger partial charge in [0, 0.05) is 48.7 Å². The summed E-state index contributed by atoms with van der Waals surface area (Å²) in [5.74, 6) is 2.92. The number of esters is 1. The van der Waals surface area contributed by atoms with E-state index in [0.29, 0.717) is 36.6 Å². The number of nitrogens with zero attached hydrogens (tertiary/aromatic N) is 1. The molecule has 0 aromatic heterocycles. The molecular weight excluding hydrogens is 326 g/mol. The van der Waals surface area contributed by atoms with Gasteiger partial charge in [0.15, 0.2) is 0 Å². The van der Waals surface area contributed by atoms with E-state index < -0.39 is 5.60 Å². The molecule has 3 heterocycles. The summed E-state index contributed by atoms with van der Waals surface area (Å²) < 4.78 is 6.29. The second-order valence-corrected chi connectivity index (χ2v) is 10.5. The van der Waals surface area contributed by atoms with Crippen molar-refractivity contribution in [1.29, 1.82) is 0 Å². The van der Waals surface area contributed by atoms with Gasteiger partial charge < -0.3 is 4.74 Å². The molecule has 0 bridgehead atoms. The average molecular weight is 357 g/mol. The van der Waals surface area contributed by atoms with Crippen LogP contribution in [-0.2, 0) is 14.3 Å². The Kier molecular flexibility index (Phi) is 3.05. The van der Waals surface area contributed by atoms with Crippen LogP contribution in [0, 0.1) is 35.0 Å². The topological polar surface area (TPSA) is 46.6 Å². The summed E-state index contributed by atoms with van der Waals surface area (Å²) in [6.45, 7) is 5.86. The molecule has 3 saturated heterocycles. The highest BCUT2D eigenvalue weighted by atomic mass is 16.6. The molecule has 0 N–H and O–H groups in total. The minimum atomic E-state index is -0.434. The highest BCUT2D eigenvalue weighted by Crippen LogP contribution is 2.69. The summed E-state index contributed by atoms with van der Waals surface area (Å²) in [6, 6.07) is 1.03. The molecule has 3 saturated carbocycles. The molecule has 3 aliphatic heterocycles. The number of rotatable bonds is 0. The molecular formula is C22H31NO3. The van der Waals surface area contributed by atoms with E-state index >= 15 is 0 Å². The predicted octanol–water partition coefficient (Wildman–Crippen LogP) is 3.19.